The summed E-state index contributed by atoms with van der Waals surface area (Å²) < 4.78 is 26.4. The fourth-order valence-electron chi connectivity index (χ4n) is 6.42. The number of amides is 2. The maximum Gasteiger partial charge on any atom is 0.245 e. The van der Waals surface area contributed by atoms with E-state index < -0.39 is 18.3 Å². The molecule has 0 bridgehead atoms. The van der Waals surface area contributed by atoms with Crippen LogP contribution in [-0.4, -0.2) is 113 Å². The van der Waals surface area contributed by atoms with Crippen LogP contribution in [0.4, 0.5) is 21.7 Å². The minimum absolute atomic E-state index is 0.132. The van der Waals surface area contributed by atoms with Gasteiger partial charge in [0.1, 0.15) is 30.3 Å². The Morgan fingerprint density at radius 2 is 1.87 bits per heavy atom. The number of nitriles is 1. The molecule has 0 spiro atoms. The number of ether oxygens (including phenoxy) is 2. The number of halogens is 1. The first-order valence-electron chi connectivity index (χ1n) is 16.0. The zero-order valence-corrected chi connectivity index (χ0v) is 25.8. The Morgan fingerprint density at radius 3 is 2.55 bits per heavy atom. The molecule has 0 saturated carbocycles. The van der Waals surface area contributed by atoms with Crippen molar-refractivity contribution in [2.45, 2.75) is 43.6 Å². The molecule has 2 N–H and O–H groups in total. The van der Waals surface area contributed by atoms with Gasteiger partial charge < -0.3 is 29.9 Å². The summed E-state index contributed by atoms with van der Waals surface area (Å²) in [5.41, 5.74) is 2.80. The van der Waals surface area contributed by atoms with Crippen molar-refractivity contribution in [3.63, 3.8) is 0 Å². The number of alkyl halides is 1. The highest BCUT2D eigenvalue weighted by atomic mass is 19.1. The molecule has 4 saturated heterocycles. The number of hydrogen-bond acceptors (Lipinski definition) is 11. The van der Waals surface area contributed by atoms with E-state index in [2.05, 4.69) is 53.6 Å². The van der Waals surface area contributed by atoms with Crippen molar-refractivity contribution in [1.82, 2.24) is 30.1 Å². The summed E-state index contributed by atoms with van der Waals surface area (Å²) in [5, 5.41) is 15.7. The molecule has 5 heterocycles. The number of aromatic nitrogens is 3. The third-order valence-electron chi connectivity index (χ3n) is 9.23. The number of piperazine rings is 1. The second-order valence-electron chi connectivity index (χ2n) is 12.2. The molecule has 13 nitrogen and oxygen atoms in total. The second kappa shape index (κ2) is 13.5. The number of carbonyl (C=O) groups is 2. The number of rotatable bonds is 8. The molecule has 14 heteroatoms. The van der Waals surface area contributed by atoms with E-state index in [1.807, 2.05) is 12.1 Å². The Balaban J connectivity index is 0.956. The average molecular weight is 642 g/mol. The predicted octanol–water partition coefficient (Wildman–Crippen LogP) is 2.27. The van der Waals surface area contributed by atoms with E-state index in [9.17, 15) is 14.9 Å². The molecule has 7 rings (SSSR count). The zero-order chi connectivity index (χ0) is 32.3. The number of hydrogen-bond donors (Lipinski definition) is 2. The molecule has 0 radical (unpaired) electrons. The van der Waals surface area contributed by atoms with E-state index in [1.54, 1.807) is 18.2 Å². The van der Waals surface area contributed by atoms with Gasteiger partial charge in [0.25, 0.3) is 0 Å². The number of benzene rings is 2. The summed E-state index contributed by atoms with van der Waals surface area (Å²) in [6, 6.07) is 15.2. The van der Waals surface area contributed by atoms with E-state index in [0.717, 1.165) is 45.1 Å². The lowest BCUT2D eigenvalue weighted by molar-refractivity contribution is -0.138. The lowest BCUT2D eigenvalue weighted by atomic mass is 10.0. The molecule has 1 aromatic heterocycles. The molecule has 2 amide bonds. The molecule has 3 atom stereocenters. The van der Waals surface area contributed by atoms with Gasteiger partial charge >= 0.3 is 0 Å². The van der Waals surface area contributed by atoms with Gasteiger partial charge in [-0.15, -0.1) is 0 Å². The smallest absolute Gasteiger partial charge is 0.245 e. The summed E-state index contributed by atoms with van der Waals surface area (Å²) in [6.45, 7) is 5.87. The summed E-state index contributed by atoms with van der Waals surface area (Å²) in [4.78, 5) is 43.6. The maximum atomic E-state index is 15.2. The number of likely N-dealkylation sites (tertiary alicyclic amines) is 1. The lowest BCUT2D eigenvalue weighted by Crippen LogP contribution is -2.56. The van der Waals surface area contributed by atoms with Gasteiger partial charge in [0.2, 0.25) is 17.8 Å². The summed E-state index contributed by atoms with van der Waals surface area (Å²) in [5.74, 6) is 0.535. The van der Waals surface area contributed by atoms with E-state index in [1.165, 1.54) is 16.9 Å². The molecule has 0 aliphatic carbocycles. The highest BCUT2D eigenvalue weighted by Crippen LogP contribution is 2.29. The first-order valence-corrected chi connectivity index (χ1v) is 16.0. The van der Waals surface area contributed by atoms with Gasteiger partial charge in [0.15, 0.2) is 12.0 Å². The number of nitrogens with zero attached hydrogens (tertiary/aromatic N) is 7. The lowest BCUT2D eigenvalue weighted by Gasteiger charge is -2.43. The Labute approximate surface area is 271 Å². The van der Waals surface area contributed by atoms with Gasteiger partial charge in [0.05, 0.1) is 31.4 Å². The van der Waals surface area contributed by atoms with E-state index >= 15 is 4.39 Å². The predicted molar refractivity (Wildman–Crippen MR) is 170 cm³/mol. The van der Waals surface area contributed by atoms with Crippen molar-refractivity contribution in [2.75, 3.05) is 62.7 Å². The van der Waals surface area contributed by atoms with Crippen molar-refractivity contribution < 1.29 is 23.5 Å². The topological polar surface area (TPSA) is 149 Å². The molecule has 4 aliphatic rings. The summed E-state index contributed by atoms with van der Waals surface area (Å²) in [6.07, 6.45) is 0.123. The van der Waals surface area contributed by atoms with Crippen LogP contribution in [0.25, 0.3) is 11.4 Å². The fourth-order valence-corrected chi connectivity index (χ4v) is 6.42. The number of nitrogens with one attached hydrogen (secondary N) is 2. The Hall–Kier alpha value is -4.87. The van der Waals surface area contributed by atoms with Crippen LogP contribution in [0, 0.1) is 11.3 Å². The van der Waals surface area contributed by atoms with Gasteiger partial charge in [0, 0.05) is 62.5 Å². The molecule has 4 fully saturated rings. The SMILES string of the molecule is N#Cc1cc(-c2ncnc(Nc3ccc(N4CCN(C5COC5)CC4)cc3)n2)ccc1OC1CCN(C(=O)[C@@H]2CCC(=O)N2)C[C@H]1F. The van der Waals surface area contributed by atoms with E-state index in [0.29, 0.717) is 42.8 Å². The van der Waals surface area contributed by atoms with Crippen molar-refractivity contribution in [1.29, 1.82) is 5.26 Å². The van der Waals surface area contributed by atoms with Gasteiger partial charge in [-0.25, -0.2) is 14.4 Å². The monoisotopic (exact) mass is 641 g/mol. The van der Waals surface area contributed by atoms with Crippen molar-refractivity contribution in [3.05, 3.63) is 54.4 Å². The quantitative estimate of drug-likeness (QED) is 0.373. The number of carbonyl (C=O) groups excluding carboxylic acids is 2. The molecule has 2 aromatic carbocycles. The molecule has 244 valence electrons. The van der Waals surface area contributed by atoms with Gasteiger partial charge in [-0.05, 0) is 48.9 Å². The third-order valence-corrected chi connectivity index (χ3v) is 9.23. The molecule has 3 aromatic rings. The zero-order valence-electron chi connectivity index (χ0n) is 25.8. The first-order chi connectivity index (χ1) is 22.9. The standard InChI is InChI=1S/C33H36FN9O4/c34-26-17-43(32(45)27-6-8-30(44)39-27)10-9-29(26)47-28-7-1-21(15-22(28)16-35)31-36-20-37-33(40-31)38-23-2-4-24(5-3-23)41-11-13-42(14-12-41)25-18-46-19-25/h1-5,7,15,20,25-27,29H,6,8-14,17-19H2,(H,39,44)(H,36,37,38,40)/t26-,27+,29?/m1/s1. The molecule has 1 unspecified atom stereocenters. The normalized spacial score (nSPS) is 23.5. The second-order valence-corrected chi connectivity index (χ2v) is 12.2. The Morgan fingerprint density at radius 1 is 1.06 bits per heavy atom. The van der Waals surface area contributed by atoms with Gasteiger partial charge in [-0.3, -0.25) is 14.5 Å². The van der Waals surface area contributed by atoms with Crippen molar-refractivity contribution in [3.8, 4) is 23.2 Å². The minimum Gasteiger partial charge on any atom is -0.486 e. The Bertz CT molecular complexity index is 1660. The van der Waals surface area contributed by atoms with Gasteiger partial charge in [-0.2, -0.15) is 10.2 Å². The van der Waals surface area contributed by atoms with E-state index in [4.69, 9.17) is 9.47 Å². The summed E-state index contributed by atoms with van der Waals surface area (Å²) in [7, 11) is 0. The average Bonchev–Trinajstić information content (AvgIpc) is 3.51. The molecular formula is C33H36FN9O4. The van der Waals surface area contributed by atoms with Crippen LogP contribution < -0.4 is 20.3 Å². The van der Waals surface area contributed by atoms with Crippen molar-refractivity contribution in [2.24, 2.45) is 0 Å². The Kier molecular flexibility index (Phi) is 8.82. The maximum absolute atomic E-state index is 15.2. The van der Waals surface area contributed by atoms with Crippen LogP contribution in [0.5, 0.6) is 5.75 Å². The number of piperidine rings is 1. The number of anilines is 3. The fraction of sp³-hybridized carbons (Fsp3) is 0.455. The highest BCUT2D eigenvalue weighted by Gasteiger charge is 2.37. The van der Waals surface area contributed by atoms with Crippen LogP contribution in [0.1, 0.15) is 24.8 Å². The van der Waals surface area contributed by atoms with Crippen molar-refractivity contribution >= 4 is 29.1 Å². The first kappa shape index (κ1) is 30.8. The van der Waals surface area contributed by atoms with Crippen LogP contribution in [0.3, 0.4) is 0 Å². The molecular weight excluding hydrogens is 605 g/mol. The highest BCUT2D eigenvalue weighted by molar-refractivity contribution is 5.90. The largest absolute Gasteiger partial charge is 0.486 e. The summed E-state index contributed by atoms with van der Waals surface area (Å²) >= 11 is 0. The van der Waals surface area contributed by atoms with Gasteiger partial charge in [-0.1, -0.05) is 0 Å². The molecule has 47 heavy (non-hydrogen) atoms. The minimum atomic E-state index is -1.44. The third kappa shape index (κ3) is 6.81. The van der Waals surface area contributed by atoms with E-state index in [-0.39, 0.29) is 36.1 Å². The molecule has 4 aliphatic heterocycles. The van der Waals surface area contributed by atoms with Crippen LogP contribution in [-0.2, 0) is 14.3 Å². The van der Waals surface area contributed by atoms with Crippen LogP contribution in [0.2, 0.25) is 0 Å². The van der Waals surface area contributed by atoms with Crippen LogP contribution >= 0.6 is 0 Å². The van der Waals surface area contributed by atoms with Crippen LogP contribution in [0.15, 0.2) is 48.8 Å².